The lowest BCUT2D eigenvalue weighted by atomic mass is 9.65. The first kappa shape index (κ1) is 18.0. The van der Waals surface area contributed by atoms with E-state index < -0.39 is 0 Å². The van der Waals surface area contributed by atoms with Crippen LogP contribution in [-0.2, 0) is 0 Å². The molecule has 2 N–H and O–H groups in total. The molecule has 0 bridgehead atoms. The van der Waals surface area contributed by atoms with Crippen LogP contribution >= 0.6 is 0 Å². The fourth-order valence-electron chi connectivity index (χ4n) is 3.81. The molecule has 0 aromatic rings. The van der Waals surface area contributed by atoms with Crippen LogP contribution < -0.4 is 5.73 Å². The van der Waals surface area contributed by atoms with Gasteiger partial charge < -0.3 is 5.73 Å². The average molecular weight is 283 g/mol. The quantitative estimate of drug-likeness (QED) is 0.787. The second kappa shape index (κ2) is 6.79. The van der Waals surface area contributed by atoms with Gasteiger partial charge in [-0.25, -0.2) is 0 Å². The number of nitrogens with zero attached hydrogens (tertiary/aromatic N) is 1. The van der Waals surface area contributed by atoms with Crippen LogP contribution in [0.4, 0.5) is 0 Å². The van der Waals surface area contributed by atoms with Crippen molar-refractivity contribution in [3.8, 4) is 0 Å². The maximum Gasteiger partial charge on any atom is 0.0331 e. The molecule has 120 valence electrons. The van der Waals surface area contributed by atoms with Crippen molar-refractivity contribution < 1.29 is 0 Å². The highest BCUT2D eigenvalue weighted by atomic mass is 15.2. The van der Waals surface area contributed by atoms with E-state index in [1.807, 2.05) is 0 Å². The van der Waals surface area contributed by atoms with Gasteiger partial charge in [0.25, 0.3) is 0 Å². The van der Waals surface area contributed by atoms with E-state index in [4.69, 9.17) is 5.73 Å². The number of rotatable bonds is 6. The average Bonchev–Trinajstić information content (AvgIpc) is 2.45. The summed E-state index contributed by atoms with van der Waals surface area (Å²) in [4.78, 5) is 2.59. The van der Waals surface area contributed by atoms with E-state index in [0.717, 1.165) is 12.5 Å². The summed E-state index contributed by atoms with van der Waals surface area (Å²) in [5, 5.41) is 0. The molecular weight excluding hydrogens is 244 g/mol. The van der Waals surface area contributed by atoms with Crippen LogP contribution in [0.5, 0.6) is 0 Å². The molecule has 20 heavy (non-hydrogen) atoms. The van der Waals surface area contributed by atoms with Gasteiger partial charge in [0.15, 0.2) is 0 Å². The van der Waals surface area contributed by atoms with Crippen LogP contribution in [0, 0.1) is 17.3 Å². The second-order valence-corrected chi connectivity index (χ2v) is 8.14. The molecule has 0 heterocycles. The van der Waals surface area contributed by atoms with Gasteiger partial charge in [-0.2, -0.15) is 0 Å². The highest BCUT2D eigenvalue weighted by Gasteiger charge is 2.42. The maximum atomic E-state index is 6.22. The molecule has 0 amide bonds. The highest BCUT2D eigenvalue weighted by molar-refractivity contribution is 4.98. The van der Waals surface area contributed by atoms with Gasteiger partial charge in [-0.3, -0.25) is 4.90 Å². The molecule has 1 saturated carbocycles. The Labute approximate surface area is 127 Å². The SMILES string of the molecule is CCC(C)(C)C1CCC(CN)(N(C)C(C)C(C)C)CC1. The van der Waals surface area contributed by atoms with Gasteiger partial charge in [-0.15, -0.1) is 0 Å². The van der Waals surface area contributed by atoms with Crippen molar-refractivity contribution in [2.45, 2.75) is 85.2 Å². The highest BCUT2D eigenvalue weighted by Crippen LogP contribution is 2.45. The second-order valence-electron chi connectivity index (χ2n) is 8.14. The van der Waals surface area contributed by atoms with Crippen molar-refractivity contribution in [3.05, 3.63) is 0 Å². The van der Waals surface area contributed by atoms with Crippen molar-refractivity contribution in [2.75, 3.05) is 13.6 Å². The van der Waals surface area contributed by atoms with E-state index in [1.54, 1.807) is 0 Å². The molecule has 0 saturated heterocycles. The van der Waals surface area contributed by atoms with Gasteiger partial charge in [0, 0.05) is 18.1 Å². The summed E-state index contributed by atoms with van der Waals surface area (Å²) in [5.41, 5.74) is 6.95. The Hall–Kier alpha value is -0.0800. The van der Waals surface area contributed by atoms with Crippen LogP contribution in [0.3, 0.4) is 0 Å². The Bertz CT molecular complexity index is 288. The molecule has 1 unspecified atom stereocenters. The van der Waals surface area contributed by atoms with Gasteiger partial charge in [-0.05, 0) is 56.9 Å². The van der Waals surface area contributed by atoms with E-state index >= 15 is 0 Å². The minimum Gasteiger partial charge on any atom is -0.329 e. The van der Waals surface area contributed by atoms with Gasteiger partial charge in [0.1, 0.15) is 0 Å². The Morgan fingerprint density at radius 3 is 2.05 bits per heavy atom. The topological polar surface area (TPSA) is 29.3 Å². The largest absolute Gasteiger partial charge is 0.329 e. The summed E-state index contributed by atoms with van der Waals surface area (Å²) in [6, 6.07) is 0.606. The van der Waals surface area contributed by atoms with Gasteiger partial charge >= 0.3 is 0 Å². The van der Waals surface area contributed by atoms with Crippen molar-refractivity contribution in [2.24, 2.45) is 23.0 Å². The third-order valence-electron chi connectivity index (χ3n) is 6.64. The number of hydrogen-bond donors (Lipinski definition) is 1. The molecule has 1 rings (SSSR count). The monoisotopic (exact) mass is 282 g/mol. The van der Waals surface area contributed by atoms with E-state index in [9.17, 15) is 0 Å². The van der Waals surface area contributed by atoms with Crippen molar-refractivity contribution in [3.63, 3.8) is 0 Å². The molecule has 0 aromatic heterocycles. The van der Waals surface area contributed by atoms with Crippen LogP contribution in [-0.4, -0.2) is 30.1 Å². The molecule has 1 fully saturated rings. The van der Waals surface area contributed by atoms with E-state index in [0.29, 0.717) is 17.4 Å². The summed E-state index contributed by atoms with van der Waals surface area (Å²) in [6.07, 6.45) is 6.50. The van der Waals surface area contributed by atoms with Crippen molar-refractivity contribution >= 4 is 0 Å². The van der Waals surface area contributed by atoms with Crippen LogP contribution in [0.1, 0.15) is 73.6 Å². The lowest BCUT2D eigenvalue weighted by Crippen LogP contribution is -2.58. The fourth-order valence-corrected chi connectivity index (χ4v) is 3.81. The number of hydrogen-bond acceptors (Lipinski definition) is 2. The molecule has 0 aromatic carbocycles. The molecule has 2 nitrogen and oxygen atoms in total. The minimum absolute atomic E-state index is 0.240. The molecule has 0 spiro atoms. The molecule has 1 aliphatic carbocycles. The summed E-state index contributed by atoms with van der Waals surface area (Å²) in [6.45, 7) is 15.0. The first-order valence-corrected chi connectivity index (χ1v) is 8.63. The summed E-state index contributed by atoms with van der Waals surface area (Å²) < 4.78 is 0. The first-order chi connectivity index (χ1) is 9.20. The zero-order valence-electron chi connectivity index (χ0n) is 15.0. The lowest BCUT2D eigenvalue weighted by molar-refractivity contribution is 0.000717. The van der Waals surface area contributed by atoms with Crippen molar-refractivity contribution in [1.29, 1.82) is 0 Å². The lowest BCUT2D eigenvalue weighted by Gasteiger charge is -2.51. The minimum atomic E-state index is 0.240. The Kier molecular flexibility index (Phi) is 6.10. The molecule has 1 atom stereocenters. The molecule has 1 aliphatic rings. The predicted molar refractivity (Wildman–Crippen MR) is 89.9 cm³/mol. The summed E-state index contributed by atoms with van der Waals surface area (Å²) >= 11 is 0. The Morgan fingerprint density at radius 1 is 1.20 bits per heavy atom. The van der Waals surface area contributed by atoms with E-state index in [1.165, 1.54) is 32.1 Å². The standard InChI is InChI=1S/C18H38N2/c1-8-17(5,6)16-9-11-18(13-19,12-10-16)20(7)15(4)14(2)3/h14-16H,8-13,19H2,1-7H3. The predicted octanol–water partition coefficient (Wildman–Crippen LogP) is 4.29. The van der Waals surface area contributed by atoms with Gasteiger partial charge in [0.05, 0.1) is 0 Å². The zero-order chi connectivity index (χ0) is 15.6. The van der Waals surface area contributed by atoms with Gasteiger partial charge in [0.2, 0.25) is 0 Å². The molecular formula is C18H38N2. The van der Waals surface area contributed by atoms with Gasteiger partial charge in [-0.1, -0.05) is 41.0 Å². The summed E-state index contributed by atoms with van der Waals surface area (Å²) in [7, 11) is 2.29. The third-order valence-corrected chi connectivity index (χ3v) is 6.64. The third kappa shape index (κ3) is 3.57. The molecule has 2 heteroatoms. The van der Waals surface area contributed by atoms with E-state index in [2.05, 4.69) is 53.5 Å². The Morgan fingerprint density at radius 2 is 1.70 bits per heavy atom. The number of likely N-dealkylation sites (N-methyl/N-ethyl adjacent to an activating group) is 1. The molecule has 0 radical (unpaired) electrons. The maximum absolute atomic E-state index is 6.22. The fraction of sp³-hybridized carbons (Fsp3) is 1.00. The smallest absolute Gasteiger partial charge is 0.0331 e. The Balaban J connectivity index is 2.76. The van der Waals surface area contributed by atoms with Crippen LogP contribution in [0.2, 0.25) is 0 Å². The van der Waals surface area contributed by atoms with Crippen LogP contribution in [0.15, 0.2) is 0 Å². The molecule has 0 aliphatic heterocycles. The number of nitrogens with two attached hydrogens (primary N) is 1. The first-order valence-electron chi connectivity index (χ1n) is 8.63. The van der Waals surface area contributed by atoms with E-state index in [-0.39, 0.29) is 5.54 Å². The van der Waals surface area contributed by atoms with Crippen LogP contribution in [0.25, 0.3) is 0 Å². The zero-order valence-corrected chi connectivity index (χ0v) is 15.0. The van der Waals surface area contributed by atoms with Crippen molar-refractivity contribution in [1.82, 2.24) is 4.90 Å². The normalized spacial score (nSPS) is 30.0. The summed E-state index contributed by atoms with van der Waals surface area (Å²) in [5.74, 6) is 1.56.